The minimum atomic E-state index is -4.81. The van der Waals surface area contributed by atoms with Crippen molar-refractivity contribution in [3.8, 4) is 11.8 Å². The molecule has 0 amide bonds. The molecular formula is C24H23ClF3N5O2. The number of aryl methyl sites for hydroxylation is 1. The van der Waals surface area contributed by atoms with E-state index in [4.69, 9.17) is 11.6 Å². The molecule has 0 saturated carbocycles. The zero-order valence-electron chi connectivity index (χ0n) is 19.3. The van der Waals surface area contributed by atoms with Gasteiger partial charge in [-0.2, -0.15) is 5.26 Å². The molecule has 184 valence electrons. The second-order valence-electron chi connectivity index (χ2n) is 8.70. The monoisotopic (exact) mass is 505 g/mol. The average Bonchev–Trinajstić information content (AvgIpc) is 2.79. The van der Waals surface area contributed by atoms with E-state index in [1.54, 1.807) is 31.3 Å². The van der Waals surface area contributed by atoms with Crippen LogP contribution in [0.4, 0.5) is 18.9 Å². The second kappa shape index (κ2) is 9.40. The van der Waals surface area contributed by atoms with Gasteiger partial charge in [0.25, 0.3) is 5.56 Å². The van der Waals surface area contributed by atoms with Gasteiger partial charge in [-0.15, -0.1) is 13.2 Å². The number of pyridine rings is 2. The number of hydrogen-bond donors (Lipinski definition) is 0. The molecule has 0 aliphatic carbocycles. The summed E-state index contributed by atoms with van der Waals surface area (Å²) in [5.41, 5.74) is 2.77. The predicted molar refractivity (Wildman–Crippen MR) is 127 cm³/mol. The van der Waals surface area contributed by atoms with Crippen molar-refractivity contribution in [2.45, 2.75) is 38.8 Å². The number of rotatable bonds is 4. The predicted octanol–water partition coefficient (Wildman–Crippen LogP) is 4.46. The minimum Gasteiger partial charge on any atom is -0.404 e. The Balaban J connectivity index is 1.58. The highest BCUT2D eigenvalue weighted by Gasteiger charge is 2.33. The largest absolute Gasteiger partial charge is 0.573 e. The number of anilines is 1. The first kappa shape index (κ1) is 24.8. The lowest BCUT2D eigenvalue weighted by Crippen LogP contribution is -2.56. The summed E-state index contributed by atoms with van der Waals surface area (Å²) in [4.78, 5) is 21.4. The fourth-order valence-electron chi connectivity index (χ4n) is 4.43. The van der Waals surface area contributed by atoms with Gasteiger partial charge in [-0.1, -0.05) is 17.7 Å². The van der Waals surface area contributed by atoms with E-state index in [9.17, 15) is 23.2 Å². The summed E-state index contributed by atoms with van der Waals surface area (Å²) in [5, 5.41) is 9.20. The van der Waals surface area contributed by atoms with Crippen LogP contribution in [-0.2, 0) is 13.6 Å². The maximum absolute atomic E-state index is 12.6. The highest BCUT2D eigenvalue weighted by Crippen LogP contribution is 2.33. The summed E-state index contributed by atoms with van der Waals surface area (Å²) in [6.45, 7) is 5.78. The maximum atomic E-state index is 12.6. The van der Waals surface area contributed by atoms with E-state index in [-0.39, 0.29) is 28.4 Å². The first-order valence-electron chi connectivity index (χ1n) is 10.9. The Morgan fingerprint density at radius 3 is 2.57 bits per heavy atom. The van der Waals surface area contributed by atoms with E-state index < -0.39 is 12.1 Å². The average molecular weight is 506 g/mol. The molecule has 2 aromatic heterocycles. The number of piperazine rings is 1. The third-order valence-electron chi connectivity index (χ3n) is 6.22. The third-order valence-corrected chi connectivity index (χ3v) is 6.51. The summed E-state index contributed by atoms with van der Waals surface area (Å²) in [6.07, 6.45) is -4.81. The molecule has 1 fully saturated rings. The van der Waals surface area contributed by atoms with Crippen molar-refractivity contribution in [1.82, 2.24) is 14.5 Å². The molecule has 1 aromatic carbocycles. The van der Waals surface area contributed by atoms with E-state index in [1.807, 2.05) is 13.8 Å². The lowest BCUT2D eigenvalue weighted by Gasteiger charge is -2.45. The molecule has 3 heterocycles. The van der Waals surface area contributed by atoms with E-state index >= 15 is 0 Å². The standard InChI is InChI=1S/C24H23ClF3N5O2/c1-14-12-33(20-9-22(34)31(3)19-6-5-17(10-29)30-23(19)20)15(2)11-32(14)13-16-4-7-21(18(25)8-16)35-24(26,27)28/h4-9,14-15H,11-13H2,1-3H3/t14-,15+/m1/s1. The Hall–Kier alpha value is -3.29. The van der Waals surface area contributed by atoms with Crippen LogP contribution in [0, 0.1) is 11.3 Å². The number of fused-ring (bicyclic) bond motifs is 1. The van der Waals surface area contributed by atoms with Gasteiger partial charge in [0.05, 0.1) is 16.2 Å². The minimum absolute atomic E-state index is 0.00245. The van der Waals surface area contributed by atoms with Crippen molar-refractivity contribution < 1.29 is 17.9 Å². The van der Waals surface area contributed by atoms with Crippen molar-refractivity contribution in [3.05, 3.63) is 63.0 Å². The first-order valence-corrected chi connectivity index (χ1v) is 11.3. The smallest absolute Gasteiger partial charge is 0.404 e. The van der Waals surface area contributed by atoms with Crippen molar-refractivity contribution in [3.63, 3.8) is 0 Å². The molecule has 0 unspecified atom stereocenters. The van der Waals surface area contributed by atoms with E-state index in [2.05, 4.69) is 25.6 Å². The lowest BCUT2D eigenvalue weighted by atomic mass is 10.0. The van der Waals surface area contributed by atoms with Crippen LogP contribution in [0.5, 0.6) is 5.75 Å². The summed E-state index contributed by atoms with van der Waals surface area (Å²) in [7, 11) is 1.67. The molecule has 4 rings (SSSR count). The maximum Gasteiger partial charge on any atom is 0.573 e. The topological polar surface area (TPSA) is 74.4 Å². The second-order valence-corrected chi connectivity index (χ2v) is 9.10. The van der Waals surface area contributed by atoms with Crippen LogP contribution >= 0.6 is 11.6 Å². The Bertz CT molecular complexity index is 1370. The molecular weight excluding hydrogens is 483 g/mol. The Labute approximate surface area is 204 Å². The van der Waals surface area contributed by atoms with Gasteiger partial charge in [-0.3, -0.25) is 9.69 Å². The van der Waals surface area contributed by atoms with Crippen LogP contribution in [0.2, 0.25) is 5.02 Å². The third kappa shape index (κ3) is 5.21. The number of aromatic nitrogens is 2. The van der Waals surface area contributed by atoms with Gasteiger partial charge in [-0.05, 0) is 43.7 Å². The van der Waals surface area contributed by atoms with Gasteiger partial charge in [0.15, 0.2) is 0 Å². The van der Waals surface area contributed by atoms with Crippen LogP contribution in [0.1, 0.15) is 25.1 Å². The van der Waals surface area contributed by atoms with Crippen LogP contribution in [0.15, 0.2) is 41.2 Å². The Kier molecular flexibility index (Phi) is 6.66. The zero-order valence-corrected chi connectivity index (χ0v) is 20.1. The van der Waals surface area contributed by atoms with Crippen LogP contribution < -0.4 is 15.2 Å². The molecule has 0 bridgehead atoms. The normalized spacial score (nSPS) is 19.1. The van der Waals surface area contributed by atoms with Crippen molar-refractivity contribution in [1.29, 1.82) is 5.26 Å². The summed E-state index contributed by atoms with van der Waals surface area (Å²) < 4.78 is 43.0. The molecule has 0 radical (unpaired) electrons. The number of benzene rings is 1. The molecule has 1 aliphatic rings. The zero-order chi connectivity index (χ0) is 25.5. The molecule has 1 saturated heterocycles. The molecule has 2 atom stereocenters. The highest BCUT2D eigenvalue weighted by molar-refractivity contribution is 6.32. The number of halogens is 4. The van der Waals surface area contributed by atoms with Crippen LogP contribution in [-0.4, -0.2) is 46.0 Å². The molecule has 0 N–H and O–H groups in total. The van der Waals surface area contributed by atoms with E-state index in [1.165, 1.54) is 16.7 Å². The fraction of sp³-hybridized carbons (Fsp3) is 0.375. The van der Waals surface area contributed by atoms with Gasteiger partial charge in [0, 0.05) is 44.8 Å². The van der Waals surface area contributed by atoms with Crippen molar-refractivity contribution in [2.75, 3.05) is 18.0 Å². The van der Waals surface area contributed by atoms with Gasteiger partial charge < -0.3 is 14.2 Å². The summed E-state index contributed by atoms with van der Waals surface area (Å²) in [6, 6.07) is 11.2. The lowest BCUT2D eigenvalue weighted by molar-refractivity contribution is -0.274. The van der Waals surface area contributed by atoms with Gasteiger partial charge >= 0.3 is 6.36 Å². The molecule has 1 aliphatic heterocycles. The van der Waals surface area contributed by atoms with Crippen LogP contribution in [0.25, 0.3) is 11.0 Å². The number of nitrogens with zero attached hydrogens (tertiary/aromatic N) is 5. The molecule has 3 aromatic rings. The fourth-order valence-corrected chi connectivity index (χ4v) is 4.67. The van der Waals surface area contributed by atoms with E-state index in [0.29, 0.717) is 36.4 Å². The SMILES string of the molecule is C[C@@H]1CN(c2cc(=O)n(C)c3ccc(C#N)nc23)[C@@H](C)CN1Cc1ccc(OC(F)(F)F)c(Cl)c1. The molecule has 7 nitrogen and oxygen atoms in total. The van der Waals surface area contributed by atoms with Crippen molar-refractivity contribution in [2.24, 2.45) is 7.05 Å². The van der Waals surface area contributed by atoms with Gasteiger partial charge in [0.1, 0.15) is 23.0 Å². The van der Waals surface area contributed by atoms with Gasteiger partial charge in [-0.25, -0.2) is 4.98 Å². The number of alkyl halides is 3. The molecule has 11 heteroatoms. The van der Waals surface area contributed by atoms with Crippen molar-refractivity contribution >= 4 is 28.3 Å². The quantitative estimate of drug-likeness (QED) is 0.521. The Morgan fingerprint density at radius 1 is 1.17 bits per heavy atom. The van der Waals surface area contributed by atoms with E-state index in [0.717, 1.165) is 5.56 Å². The van der Waals surface area contributed by atoms with Gasteiger partial charge in [0.2, 0.25) is 0 Å². The molecule has 35 heavy (non-hydrogen) atoms. The summed E-state index contributed by atoms with van der Waals surface area (Å²) in [5.74, 6) is -0.434. The number of hydrogen-bond acceptors (Lipinski definition) is 6. The summed E-state index contributed by atoms with van der Waals surface area (Å²) >= 11 is 6.02. The number of nitriles is 1. The Morgan fingerprint density at radius 2 is 1.91 bits per heavy atom. The molecule has 0 spiro atoms. The highest BCUT2D eigenvalue weighted by atomic mass is 35.5. The first-order chi connectivity index (χ1) is 16.5. The van der Waals surface area contributed by atoms with Crippen LogP contribution in [0.3, 0.4) is 0 Å². The number of ether oxygens (including phenoxy) is 1.